The van der Waals surface area contributed by atoms with Crippen LogP contribution in [-0.4, -0.2) is 22.6 Å². The van der Waals surface area contributed by atoms with Crippen LogP contribution in [0, 0.1) is 23.7 Å². The van der Waals surface area contributed by atoms with Crippen molar-refractivity contribution in [1.29, 1.82) is 0 Å². The van der Waals surface area contributed by atoms with Gasteiger partial charge in [0.05, 0.1) is 0 Å². The Kier molecular flexibility index (Phi) is 7.19. The highest BCUT2D eigenvalue weighted by Crippen LogP contribution is 2.48. The van der Waals surface area contributed by atoms with Gasteiger partial charge in [0.2, 0.25) is 0 Å². The molecule has 2 saturated carbocycles. The minimum atomic E-state index is -0.762. The van der Waals surface area contributed by atoms with E-state index < -0.39 is 5.97 Å². The van der Waals surface area contributed by atoms with Crippen LogP contribution in [0.5, 0.6) is 0 Å². The molecule has 1 unspecified atom stereocenters. The van der Waals surface area contributed by atoms with E-state index in [0.717, 1.165) is 38.5 Å². The van der Waals surface area contributed by atoms with E-state index in [-0.39, 0.29) is 24.2 Å². The predicted molar refractivity (Wildman–Crippen MR) is 92.6 cm³/mol. The molecule has 0 aromatic rings. The van der Waals surface area contributed by atoms with E-state index in [4.69, 9.17) is 5.11 Å². The van der Waals surface area contributed by atoms with Crippen LogP contribution >= 0.6 is 0 Å². The fraction of sp³-hybridized carbons (Fsp3) is 0.750. The number of Topliss-reactive ketones (excluding diaryl/α,β-unsaturated/α-hetero) is 2. The number of unbranched alkanes of at least 4 members (excludes halogenated alkanes) is 2. The first-order valence-electron chi connectivity index (χ1n) is 9.46. The van der Waals surface area contributed by atoms with Gasteiger partial charge in [-0.05, 0) is 43.9 Å². The number of hydrogen-bond acceptors (Lipinski definition) is 3. The maximum Gasteiger partial charge on any atom is 0.303 e. The summed E-state index contributed by atoms with van der Waals surface area (Å²) in [5.41, 5.74) is 0. The number of allylic oxidation sites excluding steroid dienone is 2. The van der Waals surface area contributed by atoms with Crippen molar-refractivity contribution in [1.82, 2.24) is 0 Å². The van der Waals surface area contributed by atoms with Gasteiger partial charge in [0.25, 0.3) is 0 Å². The lowest BCUT2D eigenvalue weighted by molar-refractivity contribution is -0.137. The zero-order chi connectivity index (χ0) is 17.5. The summed E-state index contributed by atoms with van der Waals surface area (Å²) >= 11 is 0. The molecule has 2 rings (SSSR count). The summed E-state index contributed by atoms with van der Waals surface area (Å²) in [5, 5.41) is 8.62. The van der Waals surface area contributed by atoms with Gasteiger partial charge >= 0.3 is 5.97 Å². The third-order valence-corrected chi connectivity index (χ3v) is 5.76. The second-order valence-electron chi connectivity index (χ2n) is 7.35. The Hall–Kier alpha value is -1.45. The second-order valence-corrected chi connectivity index (χ2v) is 7.35. The highest BCUT2D eigenvalue weighted by Gasteiger charge is 2.48. The second kappa shape index (κ2) is 9.14. The van der Waals surface area contributed by atoms with Crippen molar-refractivity contribution in [3.63, 3.8) is 0 Å². The standard InChI is InChI=1S/C20H30O4/c1-2-3-8-16-17-13-19(22)15(14(17)11-12-18(16)21)9-6-4-5-7-10-20(23)24/h4,6,14-17H,2-3,5,7-13H2,1H3,(H,23,24)/b6-4-/t14-,15-,16?,17+/m0/s1. The smallest absolute Gasteiger partial charge is 0.303 e. The van der Waals surface area contributed by atoms with Crippen LogP contribution in [0.15, 0.2) is 12.2 Å². The van der Waals surface area contributed by atoms with Crippen LogP contribution in [0.25, 0.3) is 0 Å². The van der Waals surface area contributed by atoms with Crippen molar-refractivity contribution in [2.24, 2.45) is 23.7 Å². The molecule has 2 aliphatic carbocycles. The van der Waals surface area contributed by atoms with E-state index in [0.29, 0.717) is 36.7 Å². The third kappa shape index (κ3) is 4.78. The van der Waals surface area contributed by atoms with Gasteiger partial charge in [-0.25, -0.2) is 0 Å². The average Bonchev–Trinajstić information content (AvgIpc) is 2.85. The molecule has 134 valence electrons. The fourth-order valence-corrected chi connectivity index (χ4v) is 4.50. The lowest BCUT2D eigenvalue weighted by Crippen LogP contribution is -2.34. The minimum Gasteiger partial charge on any atom is -0.481 e. The minimum absolute atomic E-state index is 0.0722. The summed E-state index contributed by atoms with van der Waals surface area (Å²) in [6, 6.07) is 0. The largest absolute Gasteiger partial charge is 0.481 e. The molecule has 0 saturated heterocycles. The van der Waals surface area contributed by atoms with Gasteiger partial charge in [0.15, 0.2) is 0 Å². The van der Waals surface area contributed by atoms with Gasteiger partial charge in [0.1, 0.15) is 11.6 Å². The summed E-state index contributed by atoms with van der Waals surface area (Å²) in [5.74, 6) is 0.775. The SMILES string of the molecule is CCCCC1C(=O)CC[C@H]2[C@H](C/C=C\CCCC(=O)O)C(=O)C[C@@H]12. The number of rotatable bonds is 9. The normalized spacial score (nSPS) is 30.0. The van der Waals surface area contributed by atoms with Crippen molar-refractivity contribution in [3.05, 3.63) is 12.2 Å². The van der Waals surface area contributed by atoms with E-state index in [2.05, 4.69) is 6.92 Å². The molecule has 0 amide bonds. The van der Waals surface area contributed by atoms with Crippen molar-refractivity contribution in [2.45, 2.75) is 71.1 Å². The molecule has 4 nitrogen and oxygen atoms in total. The lowest BCUT2D eigenvalue weighted by atomic mass is 9.69. The lowest BCUT2D eigenvalue weighted by Gasteiger charge is -2.34. The molecule has 0 bridgehead atoms. The quantitative estimate of drug-likeness (QED) is 0.507. The van der Waals surface area contributed by atoms with Crippen LogP contribution in [-0.2, 0) is 14.4 Å². The molecule has 4 atom stereocenters. The van der Waals surface area contributed by atoms with Crippen LogP contribution in [0.1, 0.15) is 71.1 Å². The Morgan fingerprint density at radius 1 is 1.12 bits per heavy atom. The predicted octanol–water partition coefficient (Wildman–Crippen LogP) is 4.18. The maximum absolute atomic E-state index is 12.5. The molecule has 2 fully saturated rings. The molecule has 0 spiro atoms. The van der Waals surface area contributed by atoms with E-state index in [1.807, 2.05) is 12.2 Å². The molecule has 0 heterocycles. The first-order chi connectivity index (χ1) is 11.5. The zero-order valence-electron chi connectivity index (χ0n) is 14.7. The molecule has 2 aliphatic rings. The topological polar surface area (TPSA) is 71.4 Å². The molecule has 24 heavy (non-hydrogen) atoms. The van der Waals surface area contributed by atoms with Crippen LogP contribution in [0.3, 0.4) is 0 Å². The molecule has 1 N–H and O–H groups in total. The molecule has 0 aromatic heterocycles. The monoisotopic (exact) mass is 334 g/mol. The number of carboxylic acids is 1. The molecular weight excluding hydrogens is 304 g/mol. The number of carboxylic acid groups (broad SMARTS) is 1. The van der Waals surface area contributed by atoms with E-state index >= 15 is 0 Å². The summed E-state index contributed by atoms with van der Waals surface area (Å²) in [4.78, 5) is 35.2. The number of aliphatic carboxylic acids is 1. The van der Waals surface area contributed by atoms with E-state index in [1.165, 1.54) is 0 Å². The Morgan fingerprint density at radius 3 is 2.62 bits per heavy atom. The zero-order valence-corrected chi connectivity index (χ0v) is 14.7. The Morgan fingerprint density at radius 2 is 1.92 bits per heavy atom. The van der Waals surface area contributed by atoms with Crippen LogP contribution < -0.4 is 0 Å². The van der Waals surface area contributed by atoms with Crippen molar-refractivity contribution >= 4 is 17.5 Å². The Labute approximate surface area is 144 Å². The summed E-state index contributed by atoms with van der Waals surface area (Å²) in [6.07, 6.45) is 11.6. The molecule has 0 aliphatic heterocycles. The highest BCUT2D eigenvalue weighted by atomic mass is 16.4. The fourth-order valence-electron chi connectivity index (χ4n) is 4.50. The van der Waals surface area contributed by atoms with Crippen LogP contribution in [0.4, 0.5) is 0 Å². The van der Waals surface area contributed by atoms with Crippen LogP contribution in [0.2, 0.25) is 0 Å². The number of carbonyl (C=O) groups is 3. The Balaban J connectivity index is 1.88. The Bertz CT molecular complexity index is 494. The number of hydrogen-bond donors (Lipinski definition) is 1. The number of ketones is 2. The first kappa shape index (κ1) is 18.9. The van der Waals surface area contributed by atoms with Gasteiger partial charge in [-0.15, -0.1) is 0 Å². The molecular formula is C20H30O4. The summed E-state index contributed by atoms with van der Waals surface area (Å²) in [7, 11) is 0. The third-order valence-electron chi connectivity index (χ3n) is 5.76. The summed E-state index contributed by atoms with van der Waals surface area (Å²) in [6.45, 7) is 2.14. The molecule has 0 aromatic carbocycles. The highest BCUT2D eigenvalue weighted by molar-refractivity contribution is 5.88. The average molecular weight is 334 g/mol. The van der Waals surface area contributed by atoms with Crippen molar-refractivity contribution in [3.8, 4) is 0 Å². The van der Waals surface area contributed by atoms with E-state index in [9.17, 15) is 14.4 Å². The van der Waals surface area contributed by atoms with Gasteiger partial charge in [-0.2, -0.15) is 0 Å². The molecule has 0 radical (unpaired) electrons. The molecule has 4 heteroatoms. The first-order valence-corrected chi connectivity index (χ1v) is 9.46. The van der Waals surface area contributed by atoms with Gasteiger partial charge in [-0.1, -0.05) is 31.9 Å². The summed E-state index contributed by atoms with van der Waals surface area (Å²) < 4.78 is 0. The van der Waals surface area contributed by atoms with Crippen molar-refractivity contribution in [2.75, 3.05) is 0 Å². The van der Waals surface area contributed by atoms with Crippen molar-refractivity contribution < 1.29 is 19.5 Å². The van der Waals surface area contributed by atoms with Gasteiger partial charge in [-0.3, -0.25) is 14.4 Å². The number of fused-ring (bicyclic) bond motifs is 1. The maximum atomic E-state index is 12.5. The van der Waals surface area contributed by atoms with Gasteiger partial charge in [0, 0.05) is 31.1 Å². The van der Waals surface area contributed by atoms with E-state index in [1.54, 1.807) is 0 Å². The number of carbonyl (C=O) groups excluding carboxylic acids is 2. The van der Waals surface area contributed by atoms with Gasteiger partial charge < -0.3 is 5.11 Å².